The lowest BCUT2D eigenvalue weighted by molar-refractivity contribution is -0.132. The van der Waals surface area contributed by atoms with Gasteiger partial charge in [0.15, 0.2) is 10.1 Å². The van der Waals surface area contributed by atoms with Crippen molar-refractivity contribution in [2.24, 2.45) is 0 Å². The first-order chi connectivity index (χ1) is 19.9. The van der Waals surface area contributed by atoms with Gasteiger partial charge in [-0.3, -0.25) is 18.9 Å². The van der Waals surface area contributed by atoms with Gasteiger partial charge in [0.1, 0.15) is 17.1 Å². The summed E-state index contributed by atoms with van der Waals surface area (Å²) >= 11 is 2.73. The molecule has 1 aliphatic rings. The molecule has 3 aromatic heterocycles. The first kappa shape index (κ1) is 26.7. The van der Waals surface area contributed by atoms with Gasteiger partial charge in [0.25, 0.3) is 5.78 Å². The number of ether oxygens (including phenoxy) is 1. The molecule has 1 fully saturated rings. The zero-order valence-corrected chi connectivity index (χ0v) is 24.1. The Bertz CT molecular complexity index is 1830. The van der Waals surface area contributed by atoms with Crippen molar-refractivity contribution in [3.8, 4) is 5.75 Å². The van der Waals surface area contributed by atoms with E-state index >= 15 is 0 Å². The van der Waals surface area contributed by atoms with Crippen LogP contribution in [0.15, 0.2) is 82.8 Å². The number of rotatable bonds is 7. The zero-order valence-electron chi connectivity index (χ0n) is 22.4. The summed E-state index contributed by atoms with van der Waals surface area (Å²) in [7, 11) is 1.54. The topological polar surface area (TPSA) is 110 Å². The third kappa shape index (κ3) is 4.87. The van der Waals surface area contributed by atoms with Crippen molar-refractivity contribution >= 4 is 51.3 Å². The van der Waals surface area contributed by atoms with Crippen LogP contribution in [0, 0.1) is 13.8 Å². The van der Waals surface area contributed by atoms with Crippen molar-refractivity contribution in [2.45, 2.75) is 30.0 Å². The number of anilines is 1. The van der Waals surface area contributed by atoms with Gasteiger partial charge in [-0.25, -0.2) is 4.98 Å². The molecule has 1 amide bonds. The molecule has 1 saturated heterocycles. The standard InChI is InChI=1S/C30H25N5O4S2/c1-17-10-12-19(13-11-17)16-40-30-33-32-29(41-30)35-25(20-7-6-8-21(15-20)39-3)23(27(37)28(35)38)26(36)24-18(2)31-22-9-4-5-14-34(22)24/h4-15,25,36H,16H2,1-3H3/b26-23+. The van der Waals surface area contributed by atoms with Crippen LogP contribution in [0.4, 0.5) is 5.13 Å². The van der Waals surface area contributed by atoms with Gasteiger partial charge in [-0.2, -0.15) is 0 Å². The molecule has 0 spiro atoms. The average molecular weight is 584 g/mol. The number of amides is 1. The van der Waals surface area contributed by atoms with E-state index in [2.05, 4.69) is 39.4 Å². The summed E-state index contributed by atoms with van der Waals surface area (Å²) in [6, 6.07) is 19.8. The molecule has 6 rings (SSSR count). The molecule has 2 aromatic carbocycles. The Morgan fingerprint density at radius 1 is 1.05 bits per heavy atom. The summed E-state index contributed by atoms with van der Waals surface area (Å²) in [6.07, 6.45) is 1.75. The van der Waals surface area contributed by atoms with E-state index in [1.807, 2.05) is 13.0 Å². The van der Waals surface area contributed by atoms with E-state index in [4.69, 9.17) is 4.74 Å². The number of aliphatic hydroxyl groups is 1. The SMILES string of the molecule is COc1cccc(C2/C(=C(\O)c3c(C)nc4ccccn34)C(=O)C(=O)N2c2nnc(SCc3ccc(C)cc3)s2)c1. The number of fused-ring (bicyclic) bond motifs is 1. The molecule has 5 aromatic rings. The van der Waals surface area contributed by atoms with Crippen molar-refractivity contribution in [3.05, 3.63) is 107 Å². The highest BCUT2D eigenvalue weighted by Crippen LogP contribution is 2.45. The van der Waals surface area contributed by atoms with E-state index in [9.17, 15) is 14.7 Å². The summed E-state index contributed by atoms with van der Waals surface area (Å²) in [5.74, 6) is -0.693. The maximum Gasteiger partial charge on any atom is 0.301 e. The van der Waals surface area contributed by atoms with E-state index in [1.165, 1.54) is 33.6 Å². The highest BCUT2D eigenvalue weighted by Gasteiger charge is 2.49. The minimum absolute atomic E-state index is 0.0546. The molecule has 1 aliphatic heterocycles. The fraction of sp³-hybridized carbons (Fsp3) is 0.167. The number of carbonyl (C=O) groups is 2. The molecule has 0 aliphatic carbocycles. The number of nitrogens with zero attached hydrogens (tertiary/aromatic N) is 5. The smallest absolute Gasteiger partial charge is 0.301 e. The van der Waals surface area contributed by atoms with Crippen molar-refractivity contribution in [3.63, 3.8) is 0 Å². The second kappa shape index (κ2) is 10.8. The van der Waals surface area contributed by atoms with Gasteiger partial charge in [0.2, 0.25) is 5.13 Å². The Kier molecular flexibility index (Phi) is 7.06. The predicted octanol–water partition coefficient (Wildman–Crippen LogP) is 5.73. The van der Waals surface area contributed by atoms with Crippen LogP contribution in [0.3, 0.4) is 0 Å². The van der Waals surface area contributed by atoms with Crippen LogP contribution in [0.2, 0.25) is 0 Å². The molecule has 1 N–H and O–H groups in total. The van der Waals surface area contributed by atoms with Crippen LogP contribution in [0.25, 0.3) is 11.4 Å². The van der Waals surface area contributed by atoms with Gasteiger partial charge in [0.05, 0.1) is 24.4 Å². The van der Waals surface area contributed by atoms with E-state index in [1.54, 1.807) is 61.0 Å². The Hall–Kier alpha value is -4.48. The van der Waals surface area contributed by atoms with Crippen LogP contribution >= 0.6 is 23.1 Å². The lowest BCUT2D eigenvalue weighted by Gasteiger charge is -2.22. The predicted molar refractivity (Wildman–Crippen MR) is 158 cm³/mol. The number of thioether (sulfide) groups is 1. The second-order valence-electron chi connectivity index (χ2n) is 9.55. The maximum absolute atomic E-state index is 13.6. The van der Waals surface area contributed by atoms with Crippen LogP contribution < -0.4 is 9.64 Å². The molecule has 11 heteroatoms. The number of Topliss-reactive ketones (excluding diaryl/α,β-unsaturated/α-hetero) is 1. The summed E-state index contributed by atoms with van der Waals surface area (Å²) in [5.41, 5.74) is 4.33. The van der Waals surface area contributed by atoms with Gasteiger partial charge in [0, 0.05) is 11.9 Å². The van der Waals surface area contributed by atoms with E-state index in [0.29, 0.717) is 38.4 Å². The van der Waals surface area contributed by atoms with Crippen LogP contribution in [-0.2, 0) is 15.3 Å². The monoisotopic (exact) mass is 583 g/mol. The maximum atomic E-state index is 13.6. The van der Waals surface area contributed by atoms with Crippen molar-refractivity contribution in [1.82, 2.24) is 19.6 Å². The van der Waals surface area contributed by atoms with Crippen molar-refractivity contribution in [2.75, 3.05) is 12.0 Å². The van der Waals surface area contributed by atoms with Crippen LogP contribution in [-0.4, -0.2) is 43.5 Å². The number of pyridine rings is 1. The number of hydrogen-bond acceptors (Lipinski definition) is 9. The molecular formula is C30H25N5O4S2. The minimum atomic E-state index is -0.957. The third-order valence-corrected chi connectivity index (χ3v) is 8.99. The van der Waals surface area contributed by atoms with Crippen molar-refractivity contribution in [1.29, 1.82) is 0 Å². The first-order valence-electron chi connectivity index (χ1n) is 12.8. The largest absolute Gasteiger partial charge is 0.505 e. The molecule has 0 saturated carbocycles. The number of aryl methyl sites for hydroxylation is 2. The quantitative estimate of drug-likeness (QED) is 0.0851. The van der Waals surface area contributed by atoms with Gasteiger partial charge < -0.3 is 9.84 Å². The van der Waals surface area contributed by atoms with Gasteiger partial charge in [-0.05, 0) is 49.2 Å². The Morgan fingerprint density at radius 2 is 1.85 bits per heavy atom. The van der Waals surface area contributed by atoms with E-state index in [0.717, 1.165) is 5.56 Å². The average Bonchev–Trinajstić information content (AvgIpc) is 3.66. The molecule has 0 bridgehead atoms. The third-order valence-electron chi connectivity index (χ3n) is 6.87. The normalized spacial score (nSPS) is 16.6. The van der Waals surface area contributed by atoms with Crippen molar-refractivity contribution < 1.29 is 19.4 Å². The van der Waals surface area contributed by atoms with Gasteiger partial charge in [-0.15, -0.1) is 10.2 Å². The van der Waals surface area contributed by atoms with E-state index < -0.39 is 17.7 Å². The minimum Gasteiger partial charge on any atom is -0.505 e. The fourth-order valence-electron chi connectivity index (χ4n) is 4.87. The fourth-order valence-corrected chi connectivity index (χ4v) is 6.69. The summed E-state index contributed by atoms with van der Waals surface area (Å²) in [5, 5.41) is 20.5. The molecule has 1 unspecified atom stereocenters. The Balaban J connectivity index is 1.44. The number of methoxy groups -OCH3 is 1. The molecule has 41 heavy (non-hydrogen) atoms. The number of carbonyl (C=O) groups excluding carboxylic acids is 2. The van der Waals surface area contributed by atoms with E-state index in [-0.39, 0.29) is 16.5 Å². The number of benzene rings is 2. The second-order valence-corrected chi connectivity index (χ2v) is 11.7. The Morgan fingerprint density at radius 3 is 2.63 bits per heavy atom. The lowest BCUT2D eigenvalue weighted by Crippen LogP contribution is -2.29. The number of aliphatic hydroxyl groups excluding tert-OH is 1. The highest BCUT2D eigenvalue weighted by molar-refractivity contribution is 8.00. The molecular weight excluding hydrogens is 558 g/mol. The van der Waals surface area contributed by atoms with Crippen LogP contribution in [0.5, 0.6) is 5.75 Å². The number of hydrogen-bond donors (Lipinski definition) is 1. The summed E-state index contributed by atoms with van der Waals surface area (Å²) < 4.78 is 7.79. The number of aromatic nitrogens is 4. The molecule has 206 valence electrons. The van der Waals surface area contributed by atoms with Gasteiger partial charge in [-0.1, -0.05) is 71.1 Å². The summed E-state index contributed by atoms with van der Waals surface area (Å²) in [4.78, 5) is 33.1. The number of ketones is 1. The Labute approximate surface area is 244 Å². The molecule has 4 heterocycles. The van der Waals surface area contributed by atoms with Gasteiger partial charge >= 0.3 is 5.91 Å². The summed E-state index contributed by atoms with van der Waals surface area (Å²) in [6.45, 7) is 3.79. The highest BCUT2D eigenvalue weighted by atomic mass is 32.2. The van der Waals surface area contributed by atoms with Crippen LogP contribution in [0.1, 0.15) is 34.1 Å². The molecule has 9 nitrogen and oxygen atoms in total. The lowest BCUT2D eigenvalue weighted by atomic mass is 9.96. The molecule has 0 radical (unpaired) electrons. The zero-order chi connectivity index (χ0) is 28.7. The first-order valence-corrected chi connectivity index (χ1v) is 14.6. The number of imidazole rings is 1. The molecule has 1 atom stereocenters.